The standard InChI is InChI=1S/C19H15N3S2/c1-23-14-4-2-3-13(9-14)22-19-12(10-20)11-21-16-5-6-17-15(18(16)19)7-8-24-17/h2-6,9,11H,7-8H2,1H3,(H,21,22). The van der Waals surface area contributed by atoms with Gasteiger partial charge in [0.1, 0.15) is 6.07 Å². The highest BCUT2D eigenvalue weighted by molar-refractivity contribution is 7.99. The topological polar surface area (TPSA) is 48.7 Å². The molecule has 24 heavy (non-hydrogen) atoms. The van der Waals surface area contributed by atoms with Crippen LogP contribution in [-0.4, -0.2) is 17.0 Å². The lowest BCUT2D eigenvalue weighted by Gasteiger charge is -2.14. The molecule has 3 aromatic rings. The molecular formula is C19H15N3S2. The molecule has 2 aromatic carbocycles. The van der Waals surface area contributed by atoms with E-state index in [4.69, 9.17) is 0 Å². The molecule has 0 spiro atoms. The van der Waals surface area contributed by atoms with Crippen LogP contribution in [0.25, 0.3) is 10.9 Å². The van der Waals surface area contributed by atoms with E-state index >= 15 is 0 Å². The minimum atomic E-state index is 0.586. The Labute approximate surface area is 149 Å². The molecule has 0 unspecified atom stereocenters. The first-order chi connectivity index (χ1) is 11.8. The fourth-order valence-corrected chi connectivity index (χ4v) is 4.57. The molecule has 0 fully saturated rings. The molecule has 0 bridgehead atoms. The van der Waals surface area contributed by atoms with E-state index in [1.807, 2.05) is 23.9 Å². The van der Waals surface area contributed by atoms with E-state index in [0.717, 1.165) is 34.5 Å². The van der Waals surface area contributed by atoms with Gasteiger partial charge < -0.3 is 5.32 Å². The van der Waals surface area contributed by atoms with Crippen LogP contribution in [0.5, 0.6) is 0 Å². The summed E-state index contributed by atoms with van der Waals surface area (Å²) in [6.45, 7) is 0. The third-order valence-electron chi connectivity index (χ3n) is 4.17. The number of nitriles is 1. The van der Waals surface area contributed by atoms with Gasteiger partial charge in [-0.25, -0.2) is 0 Å². The zero-order chi connectivity index (χ0) is 16.5. The summed E-state index contributed by atoms with van der Waals surface area (Å²) in [6.07, 6.45) is 4.75. The number of fused-ring (bicyclic) bond motifs is 3. The molecule has 0 saturated heterocycles. The summed E-state index contributed by atoms with van der Waals surface area (Å²) >= 11 is 3.58. The predicted octanol–water partition coefficient (Wildman–Crippen LogP) is 5.22. The second-order valence-electron chi connectivity index (χ2n) is 5.55. The Hall–Kier alpha value is -2.16. The van der Waals surface area contributed by atoms with Gasteiger partial charge in [-0.15, -0.1) is 23.5 Å². The number of rotatable bonds is 3. The molecule has 0 radical (unpaired) electrons. The Kier molecular flexibility index (Phi) is 4.09. The summed E-state index contributed by atoms with van der Waals surface area (Å²) in [5.41, 5.74) is 4.71. The van der Waals surface area contributed by atoms with Crippen molar-refractivity contribution in [1.29, 1.82) is 5.26 Å². The third kappa shape index (κ3) is 2.62. The molecular weight excluding hydrogens is 334 g/mol. The highest BCUT2D eigenvalue weighted by atomic mass is 32.2. The number of nitrogens with one attached hydrogen (secondary N) is 1. The van der Waals surface area contributed by atoms with E-state index in [-0.39, 0.29) is 0 Å². The number of benzene rings is 2. The maximum atomic E-state index is 9.57. The maximum Gasteiger partial charge on any atom is 0.103 e. The molecule has 118 valence electrons. The molecule has 4 rings (SSSR count). The number of aromatic nitrogens is 1. The monoisotopic (exact) mass is 349 g/mol. The molecule has 5 heteroatoms. The van der Waals surface area contributed by atoms with Crippen molar-refractivity contribution in [3.63, 3.8) is 0 Å². The molecule has 0 amide bonds. The minimum absolute atomic E-state index is 0.586. The number of pyridine rings is 1. The summed E-state index contributed by atoms with van der Waals surface area (Å²) in [7, 11) is 0. The number of hydrogen-bond acceptors (Lipinski definition) is 5. The van der Waals surface area contributed by atoms with Crippen molar-refractivity contribution >= 4 is 45.8 Å². The summed E-state index contributed by atoms with van der Waals surface area (Å²) in [6, 6.07) is 14.7. The van der Waals surface area contributed by atoms with Crippen LogP contribution in [0.2, 0.25) is 0 Å². The molecule has 1 aliphatic heterocycles. The Morgan fingerprint density at radius 2 is 2.21 bits per heavy atom. The Bertz CT molecular complexity index is 976. The van der Waals surface area contributed by atoms with E-state index < -0.39 is 0 Å². The van der Waals surface area contributed by atoms with Crippen molar-refractivity contribution in [3.8, 4) is 6.07 Å². The molecule has 0 atom stereocenters. The van der Waals surface area contributed by atoms with E-state index in [9.17, 15) is 5.26 Å². The van der Waals surface area contributed by atoms with Gasteiger partial charge in [-0.1, -0.05) is 6.07 Å². The van der Waals surface area contributed by atoms with Gasteiger partial charge in [0, 0.05) is 32.8 Å². The van der Waals surface area contributed by atoms with Gasteiger partial charge in [0.15, 0.2) is 0 Å². The normalized spacial score (nSPS) is 12.8. The third-order valence-corrected chi connectivity index (χ3v) is 6.00. The van der Waals surface area contributed by atoms with Crippen molar-refractivity contribution in [2.75, 3.05) is 17.3 Å². The van der Waals surface area contributed by atoms with Crippen LogP contribution < -0.4 is 5.32 Å². The van der Waals surface area contributed by atoms with Crippen LogP contribution in [0.15, 0.2) is 52.4 Å². The second kappa shape index (κ2) is 6.39. The molecule has 1 N–H and O–H groups in total. The van der Waals surface area contributed by atoms with E-state index in [1.165, 1.54) is 15.4 Å². The van der Waals surface area contributed by atoms with Crippen LogP contribution >= 0.6 is 23.5 Å². The average molecular weight is 349 g/mol. The summed E-state index contributed by atoms with van der Waals surface area (Å²) in [4.78, 5) is 6.99. The van der Waals surface area contributed by atoms with Gasteiger partial charge in [0.2, 0.25) is 0 Å². The van der Waals surface area contributed by atoms with Crippen LogP contribution in [0.3, 0.4) is 0 Å². The van der Waals surface area contributed by atoms with E-state index in [2.05, 4.69) is 46.9 Å². The zero-order valence-corrected chi connectivity index (χ0v) is 14.8. The van der Waals surface area contributed by atoms with Crippen molar-refractivity contribution in [3.05, 3.63) is 53.7 Å². The number of nitrogens with zero attached hydrogens (tertiary/aromatic N) is 2. The Morgan fingerprint density at radius 1 is 1.29 bits per heavy atom. The second-order valence-corrected chi connectivity index (χ2v) is 7.57. The van der Waals surface area contributed by atoms with Crippen molar-refractivity contribution in [2.24, 2.45) is 0 Å². The Morgan fingerprint density at radius 3 is 3.04 bits per heavy atom. The van der Waals surface area contributed by atoms with Crippen LogP contribution in [0.4, 0.5) is 11.4 Å². The lowest BCUT2D eigenvalue weighted by atomic mass is 10.0. The van der Waals surface area contributed by atoms with Crippen LogP contribution in [0.1, 0.15) is 11.1 Å². The quantitative estimate of drug-likeness (QED) is 0.657. The van der Waals surface area contributed by atoms with Crippen LogP contribution in [-0.2, 0) is 6.42 Å². The minimum Gasteiger partial charge on any atom is -0.354 e. The van der Waals surface area contributed by atoms with Gasteiger partial charge in [0.25, 0.3) is 0 Å². The van der Waals surface area contributed by atoms with Gasteiger partial charge in [-0.3, -0.25) is 4.98 Å². The van der Waals surface area contributed by atoms with Crippen LogP contribution in [0, 0.1) is 11.3 Å². The number of aryl methyl sites for hydroxylation is 1. The largest absolute Gasteiger partial charge is 0.354 e. The molecule has 1 aliphatic rings. The SMILES string of the molecule is CSc1cccc(Nc2c(C#N)cnc3ccc4c(c23)CCS4)c1. The lowest BCUT2D eigenvalue weighted by molar-refractivity contribution is 1.16. The Balaban J connectivity index is 1.92. The van der Waals surface area contributed by atoms with Gasteiger partial charge in [-0.2, -0.15) is 5.26 Å². The van der Waals surface area contributed by atoms with E-state index in [0.29, 0.717) is 5.56 Å². The summed E-state index contributed by atoms with van der Waals surface area (Å²) < 4.78 is 0. The highest BCUT2D eigenvalue weighted by Gasteiger charge is 2.19. The zero-order valence-electron chi connectivity index (χ0n) is 13.2. The summed E-state index contributed by atoms with van der Waals surface area (Å²) in [5.74, 6) is 1.09. The lowest BCUT2D eigenvalue weighted by Crippen LogP contribution is -1.99. The first-order valence-electron chi connectivity index (χ1n) is 7.68. The average Bonchev–Trinajstić information content (AvgIpc) is 3.10. The molecule has 1 aromatic heterocycles. The first kappa shape index (κ1) is 15.4. The van der Waals surface area contributed by atoms with Gasteiger partial charge >= 0.3 is 0 Å². The number of anilines is 2. The van der Waals surface area contributed by atoms with Crippen molar-refractivity contribution in [2.45, 2.75) is 16.2 Å². The summed E-state index contributed by atoms with van der Waals surface area (Å²) in [5, 5.41) is 14.1. The van der Waals surface area contributed by atoms with Crippen molar-refractivity contribution in [1.82, 2.24) is 4.98 Å². The van der Waals surface area contributed by atoms with Gasteiger partial charge in [-0.05, 0) is 48.6 Å². The molecule has 0 saturated carbocycles. The fourth-order valence-electron chi connectivity index (χ4n) is 3.04. The smallest absolute Gasteiger partial charge is 0.103 e. The molecule has 3 nitrogen and oxygen atoms in total. The highest BCUT2D eigenvalue weighted by Crippen LogP contribution is 2.40. The number of thioether (sulfide) groups is 2. The van der Waals surface area contributed by atoms with E-state index in [1.54, 1.807) is 18.0 Å². The van der Waals surface area contributed by atoms with Gasteiger partial charge in [0.05, 0.1) is 16.8 Å². The number of hydrogen-bond donors (Lipinski definition) is 1. The fraction of sp³-hybridized carbons (Fsp3) is 0.158. The maximum absolute atomic E-state index is 9.57. The van der Waals surface area contributed by atoms with Crippen molar-refractivity contribution < 1.29 is 0 Å². The molecule has 2 heterocycles. The predicted molar refractivity (Wildman–Crippen MR) is 102 cm³/mol. The first-order valence-corrected chi connectivity index (χ1v) is 9.90. The molecule has 0 aliphatic carbocycles.